The van der Waals surface area contributed by atoms with Crippen molar-refractivity contribution in [3.05, 3.63) is 102 Å². The van der Waals surface area contributed by atoms with Gasteiger partial charge in [-0.25, -0.2) is 9.59 Å². The molecule has 0 saturated carbocycles. The number of alkyl halides is 3. The first-order chi connectivity index (χ1) is 26.6. The fourth-order valence-electron chi connectivity index (χ4n) is 6.14. The highest BCUT2D eigenvalue weighted by molar-refractivity contribution is 5.96. The van der Waals surface area contributed by atoms with Gasteiger partial charge < -0.3 is 46.9 Å². The Hall–Kier alpha value is -6.43. The van der Waals surface area contributed by atoms with Crippen molar-refractivity contribution in [2.24, 2.45) is 5.73 Å². The fourth-order valence-corrected chi connectivity index (χ4v) is 6.14. The number of H-pyrrole nitrogens is 1. The summed E-state index contributed by atoms with van der Waals surface area (Å²) in [6, 6.07) is 18.2. The Bertz CT molecular complexity index is 2010. The first-order valence-corrected chi connectivity index (χ1v) is 17.4. The van der Waals surface area contributed by atoms with E-state index in [1.165, 1.54) is 17.0 Å². The molecular formula is C38H41F3N6O9. The van der Waals surface area contributed by atoms with Crippen LogP contribution >= 0.6 is 0 Å². The number of carboxylic acids is 2. The first kappa shape index (κ1) is 42.3. The molecule has 4 atom stereocenters. The van der Waals surface area contributed by atoms with E-state index in [2.05, 4.69) is 20.9 Å². The second-order valence-electron chi connectivity index (χ2n) is 12.9. The zero-order chi connectivity index (χ0) is 41.0. The SMILES string of the molecule is NCC(=O)N[C@@H](Cc1ccc(O)cc1)C(=O)N1CCC[C@@H]1C(=O)N[C@H](Cc1c[nH]c2ccccc12)C(=O)N[C@@H](Cc1ccccc1)C(=O)O.O=C(O)C(F)(F)F. The molecule has 1 aliphatic rings. The monoisotopic (exact) mass is 782 g/mol. The Kier molecular flexibility index (Phi) is 14.5. The summed E-state index contributed by atoms with van der Waals surface area (Å²) in [5.74, 6) is -6.22. The number of phenols is 1. The summed E-state index contributed by atoms with van der Waals surface area (Å²) in [5, 5.41) is 35.7. The number of carboxylic acid groups (broad SMARTS) is 2. The maximum absolute atomic E-state index is 13.9. The Morgan fingerprint density at radius 3 is 2.04 bits per heavy atom. The van der Waals surface area contributed by atoms with Crippen molar-refractivity contribution in [2.45, 2.75) is 62.4 Å². The number of carbonyl (C=O) groups excluding carboxylic acids is 4. The van der Waals surface area contributed by atoms with Crippen LogP contribution in [0.5, 0.6) is 5.75 Å². The van der Waals surface area contributed by atoms with Crippen LogP contribution in [0.25, 0.3) is 10.9 Å². The number of nitrogens with one attached hydrogen (secondary N) is 4. The maximum Gasteiger partial charge on any atom is 0.490 e. The molecule has 1 aliphatic heterocycles. The molecule has 298 valence electrons. The van der Waals surface area contributed by atoms with Gasteiger partial charge in [0.1, 0.15) is 29.9 Å². The van der Waals surface area contributed by atoms with Gasteiger partial charge in [-0.05, 0) is 47.7 Å². The van der Waals surface area contributed by atoms with Gasteiger partial charge in [-0.3, -0.25) is 19.2 Å². The molecule has 0 spiro atoms. The van der Waals surface area contributed by atoms with Gasteiger partial charge in [0, 0.05) is 42.9 Å². The molecule has 4 aromatic rings. The number of benzene rings is 3. The van der Waals surface area contributed by atoms with Crippen molar-refractivity contribution in [1.82, 2.24) is 25.8 Å². The van der Waals surface area contributed by atoms with Crippen molar-refractivity contribution in [3.8, 4) is 5.75 Å². The first-order valence-electron chi connectivity index (χ1n) is 17.4. The minimum Gasteiger partial charge on any atom is -0.508 e. The van der Waals surface area contributed by atoms with E-state index in [1.54, 1.807) is 42.6 Å². The van der Waals surface area contributed by atoms with Crippen LogP contribution in [-0.2, 0) is 48.0 Å². The molecule has 5 rings (SSSR count). The van der Waals surface area contributed by atoms with E-state index in [1.807, 2.05) is 30.3 Å². The molecule has 0 bridgehead atoms. The number of carbonyl (C=O) groups is 6. The minimum atomic E-state index is -5.08. The smallest absolute Gasteiger partial charge is 0.490 e. The fraction of sp³-hybridized carbons (Fsp3) is 0.316. The lowest BCUT2D eigenvalue weighted by Crippen LogP contribution is -2.58. The molecule has 18 heteroatoms. The number of hydrogen-bond donors (Lipinski definition) is 8. The number of phenolic OH excluding ortho intramolecular Hbond substituents is 1. The summed E-state index contributed by atoms with van der Waals surface area (Å²) < 4.78 is 31.7. The standard InChI is InChI=1S/C36H40N6O7.C2HF3O2/c37-20-32(44)39-29(17-23-12-14-25(43)15-13-23)35(47)42-16-6-11-31(42)34(46)40-28(19-24-21-38-27-10-5-4-9-26(24)27)33(45)41-30(36(48)49)18-22-7-2-1-3-8-22;3-2(4,5)1(6)7/h1-5,7-10,12-15,21,28-31,38,43H,6,11,16-20,37H2,(H,39,44)(H,40,46)(H,41,45)(H,48,49);(H,6,7)/t28-,29+,30+,31-;/m1./s1. The third-order valence-corrected chi connectivity index (χ3v) is 8.91. The average molecular weight is 783 g/mol. The van der Waals surface area contributed by atoms with Crippen LogP contribution in [0.1, 0.15) is 29.5 Å². The molecule has 0 aliphatic carbocycles. The minimum absolute atomic E-state index is 0.0392. The van der Waals surface area contributed by atoms with E-state index < -0.39 is 65.9 Å². The summed E-state index contributed by atoms with van der Waals surface area (Å²) in [7, 11) is 0. The highest BCUT2D eigenvalue weighted by Crippen LogP contribution is 2.23. The number of hydrogen-bond acceptors (Lipinski definition) is 8. The van der Waals surface area contributed by atoms with Crippen molar-refractivity contribution in [2.75, 3.05) is 13.1 Å². The van der Waals surface area contributed by atoms with Gasteiger partial charge in [0.15, 0.2) is 0 Å². The van der Waals surface area contributed by atoms with Gasteiger partial charge in [0.2, 0.25) is 23.6 Å². The lowest BCUT2D eigenvalue weighted by atomic mass is 10.0. The summed E-state index contributed by atoms with van der Waals surface area (Å²) in [6.45, 7) is -0.0888. The van der Waals surface area contributed by atoms with E-state index >= 15 is 0 Å². The molecule has 1 aromatic heterocycles. The summed E-state index contributed by atoms with van der Waals surface area (Å²) in [4.78, 5) is 79.6. The zero-order valence-electron chi connectivity index (χ0n) is 29.8. The number of aromatic nitrogens is 1. The molecule has 3 aromatic carbocycles. The normalized spacial score (nSPS) is 15.4. The highest BCUT2D eigenvalue weighted by Gasteiger charge is 2.40. The molecule has 0 unspecified atom stereocenters. The summed E-state index contributed by atoms with van der Waals surface area (Å²) in [6.07, 6.45) is -2.32. The number of fused-ring (bicyclic) bond motifs is 1. The molecule has 9 N–H and O–H groups in total. The Labute approximate surface area is 318 Å². The molecule has 1 fully saturated rings. The van der Waals surface area contributed by atoms with Crippen molar-refractivity contribution >= 4 is 46.5 Å². The van der Waals surface area contributed by atoms with Gasteiger partial charge in [0.25, 0.3) is 0 Å². The number of amides is 4. The molecule has 2 heterocycles. The zero-order valence-corrected chi connectivity index (χ0v) is 29.8. The number of para-hydroxylation sites is 1. The number of nitrogens with zero attached hydrogens (tertiary/aromatic N) is 1. The predicted molar refractivity (Wildman–Crippen MR) is 195 cm³/mol. The largest absolute Gasteiger partial charge is 0.508 e. The predicted octanol–water partition coefficient (Wildman–Crippen LogP) is 2.02. The molecular weight excluding hydrogens is 741 g/mol. The van der Waals surface area contributed by atoms with Crippen LogP contribution in [0.4, 0.5) is 13.2 Å². The van der Waals surface area contributed by atoms with E-state index in [0.29, 0.717) is 18.4 Å². The van der Waals surface area contributed by atoms with Crippen LogP contribution < -0.4 is 21.7 Å². The number of rotatable bonds is 14. The van der Waals surface area contributed by atoms with E-state index in [9.17, 15) is 47.4 Å². The summed E-state index contributed by atoms with van der Waals surface area (Å²) in [5.41, 5.74) is 8.49. The Morgan fingerprint density at radius 1 is 0.804 bits per heavy atom. The number of likely N-dealkylation sites (tertiary alicyclic amines) is 1. The lowest BCUT2D eigenvalue weighted by molar-refractivity contribution is -0.192. The number of halogens is 3. The van der Waals surface area contributed by atoms with Crippen LogP contribution in [0.2, 0.25) is 0 Å². The van der Waals surface area contributed by atoms with Crippen LogP contribution in [0.3, 0.4) is 0 Å². The molecule has 1 saturated heterocycles. The third kappa shape index (κ3) is 11.8. The quantitative estimate of drug-likeness (QED) is 0.0925. The molecule has 15 nitrogen and oxygen atoms in total. The topological polar surface area (TPSA) is 244 Å². The summed E-state index contributed by atoms with van der Waals surface area (Å²) >= 11 is 0. The van der Waals surface area contributed by atoms with Gasteiger partial charge in [0.05, 0.1) is 6.54 Å². The Balaban J connectivity index is 0.000000908. The van der Waals surface area contributed by atoms with Crippen LogP contribution in [-0.4, -0.2) is 104 Å². The van der Waals surface area contributed by atoms with Gasteiger partial charge >= 0.3 is 18.1 Å². The van der Waals surface area contributed by atoms with E-state index in [-0.39, 0.29) is 38.1 Å². The number of nitrogens with two attached hydrogens (primary N) is 1. The molecule has 4 amide bonds. The molecule has 0 radical (unpaired) electrons. The Morgan fingerprint density at radius 2 is 1.41 bits per heavy atom. The van der Waals surface area contributed by atoms with E-state index in [4.69, 9.17) is 15.6 Å². The van der Waals surface area contributed by atoms with Crippen molar-refractivity contribution in [3.63, 3.8) is 0 Å². The number of aliphatic carboxylic acids is 2. The van der Waals surface area contributed by atoms with Gasteiger partial charge in [-0.1, -0.05) is 60.7 Å². The van der Waals surface area contributed by atoms with Gasteiger partial charge in [-0.15, -0.1) is 0 Å². The number of aromatic hydroxyl groups is 1. The van der Waals surface area contributed by atoms with Crippen LogP contribution in [0, 0.1) is 0 Å². The number of aromatic amines is 1. The lowest BCUT2D eigenvalue weighted by Gasteiger charge is -2.30. The van der Waals surface area contributed by atoms with Gasteiger partial charge in [-0.2, -0.15) is 13.2 Å². The van der Waals surface area contributed by atoms with Crippen LogP contribution in [0.15, 0.2) is 85.1 Å². The second-order valence-corrected chi connectivity index (χ2v) is 12.9. The third-order valence-electron chi connectivity index (χ3n) is 8.91. The highest BCUT2D eigenvalue weighted by atomic mass is 19.4. The van der Waals surface area contributed by atoms with Crippen molar-refractivity contribution in [1.29, 1.82) is 0 Å². The average Bonchev–Trinajstić information content (AvgIpc) is 3.83. The second kappa shape index (κ2) is 19.2. The van der Waals surface area contributed by atoms with E-state index in [0.717, 1.165) is 22.0 Å². The molecule has 56 heavy (non-hydrogen) atoms. The van der Waals surface area contributed by atoms with Crippen molar-refractivity contribution < 1.29 is 57.3 Å². The maximum atomic E-state index is 13.9.